The first-order valence-electron chi connectivity index (χ1n) is 5.95. The molecule has 0 radical (unpaired) electrons. The highest BCUT2D eigenvalue weighted by Gasteiger charge is 2.34. The first-order valence-corrected chi connectivity index (χ1v) is 5.95. The highest BCUT2D eigenvalue weighted by atomic mass is 16.5. The van der Waals surface area contributed by atoms with E-state index in [0.717, 1.165) is 0 Å². The zero-order chi connectivity index (χ0) is 12.9. The minimum absolute atomic E-state index is 0.184. The second-order valence-electron chi connectivity index (χ2n) is 4.57. The molecule has 96 valence electrons. The van der Waals surface area contributed by atoms with Gasteiger partial charge in [-0.15, -0.1) is 0 Å². The van der Waals surface area contributed by atoms with E-state index in [9.17, 15) is 9.90 Å². The predicted molar refractivity (Wildman–Crippen MR) is 64.2 cm³/mol. The summed E-state index contributed by atoms with van der Waals surface area (Å²) in [6, 6.07) is -0.215. The first kappa shape index (κ1) is 15.4. The van der Waals surface area contributed by atoms with E-state index < -0.39 is 12.1 Å². The van der Waals surface area contributed by atoms with Crippen LogP contribution in [-0.4, -0.2) is 46.8 Å². The minimum Gasteiger partial charge on any atom is -0.465 e. The van der Waals surface area contributed by atoms with Crippen molar-refractivity contribution in [2.45, 2.75) is 65.8 Å². The van der Waals surface area contributed by atoms with Crippen LogP contribution in [-0.2, 0) is 9.53 Å². The van der Waals surface area contributed by atoms with Crippen molar-refractivity contribution in [3.05, 3.63) is 0 Å². The van der Waals surface area contributed by atoms with Crippen LogP contribution in [0, 0.1) is 0 Å². The summed E-state index contributed by atoms with van der Waals surface area (Å²) in [6.07, 6.45) is -0.733. The van der Waals surface area contributed by atoms with E-state index in [2.05, 4.69) is 0 Å². The smallest absolute Gasteiger partial charge is 0.326 e. The molecule has 1 N–H and O–H groups in total. The second kappa shape index (κ2) is 6.86. The Balaban J connectivity index is 4.92. The SMILES string of the molecule is CCOC(=O)[C@H]([C@@H](C)O)N(C(C)C)C(C)C. The average Bonchev–Trinajstić information content (AvgIpc) is 2.11. The second-order valence-corrected chi connectivity index (χ2v) is 4.57. The van der Waals surface area contributed by atoms with Gasteiger partial charge < -0.3 is 9.84 Å². The monoisotopic (exact) mass is 231 g/mol. The fourth-order valence-electron chi connectivity index (χ4n) is 2.03. The molecule has 2 atom stereocenters. The molecule has 0 amide bonds. The Morgan fingerprint density at radius 3 is 1.88 bits per heavy atom. The molecule has 0 aliphatic heterocycles. The topological polar surface area (TPSA) is 49.8 Å². The van der Waals surface area contributed by atoms with Gasteiger partial charge in [-0.2, -0.15) is 0 Å². The predicted octanol–water partition coefficient (Wildman–Crippen LogP) is 1.42. The number of esters is 1. The standard InChI is InChI=1S/C12H25NO3/c1-7-16-12(15)11(10(6)14)13(8(2)3)9(4)5/h8-11,14H,7H2,1-6H3/t10-,11+/m1/s1. The zero-order valence-electron chi connectivity index (χ0n) is 11.2. The average molecular weight is 231 g/mol. The normalized spacial score (nSPS) is 15.6. The van der Waals surface area contributed by atoms with Crippen molar-refractivity contribution in [2.75, 3.05) is 6.61 Å². The lowest BCUT2D eigenvalue weighted by molar-refractivity contribution is -0.156. The quantitative estimate of drug-likeness (QED) is 0.702. The summed E-state index contributed by atoms with van der Waals surface area (Å²) < 4.78 is 5.01. The lowest BCUT2D eigenvalue weighted by atomic mass is 10.1. The van der Waals surface area contributed by atoms with Crippen molar-refractivity contribution in [1.82, 2.24) is 4.90 Å². The van der Waals surface area contributed by atoms with Crippen molar-refractivity contribution in [2.24, 2.45) is 0 Å². The molecule has 0 rings (SSSR count). The van der Waals surface area contributed by atoms with Gasteiger partial charge in [0.1, 0.15) is 6.04 Å². The first-order chi connectivity index (χ1) is 7.32. The van der Waals surface area contributed by atoms with Gasteiger partial charge in [0.25, 0.3) is 0 Å². The van der Waals surface area contributed by atoms with Gasteiger partial charge in [-0.3, -0.25) is 9.69 Å². The van der Waals surface area contributed by atoms with Crippen LogP contribution in [0.15, 0.2) is 0 Å². The third-order valence-electron chi connectivity index (χ3n) is 2.50. The summed E-state index contributed by atoms with van der Waals surface area (Å²) >= 11 is 0. The third-order valence-corrected chi connectivity index (χ3v) is 2.50. The lowest BCUT2D eigenvalue weighted by Gasteiger charge is -2.37. The number of ether oxygens (including phenoxy) is 1. The Kier molecular flexibility index (Phi) is 6.60. The van der Waals surface area contributed by atoms with Gasteiger partial charge in [0.2, 0.25) is 0 Å². The number of nitrogens with zero attached hydrogens (tertiary/aromatic N) is 1. The number of hydrogen-bond acceptors (Lipinski definition) is 4. The molecule has 0 unspecified atom stereocenters. The molecule has 0 saturated heterocycles. The molecule has 0 aromatic rings. The number of rotatable bonds is 6. The highest BCUT2D eigenvalue weighted by molar-refractivity contribution is 5.76. The summed E-state index contributed by atoms with van der Waals surface area (Å²) in [7, 11) is 0. The van der Waals surface area contributed by atoms with Crippen molar-refractivity contribution < 1.29 is 14.6 Å². The molecule has 0 spiro atoms. The maximum absolute atomic E-state index is 11.8. The fraction of sp³-hybridized carbons (Fsp3) is 0.917. The van der Waals surface area contributed by atoms with Gasteiger partial charge in [0, 0.05) is 12.1 Å². The zero-order valence-corrected chi connectivity index (χ0v) is 11.2. The van der Waals surface area contributed by atoms with Crippen molar-refractivity contribution in [3.63, 3.8) is 0 Å². The Bertz CT molecular complexity index is 206. The van der Waals surface area contributed by atoms with E-state index in [1.165, 1.54) is 0 Å². The molecule has 0 aliphatic rings. The van der Waals surface area contributed by atoms with Gasteiger partial charge in [-0.1, -0.05) is 0 Å². The van der Waals surface area contributed by atoms with Gasteiger partial charge >= 0.3 is 5.97 Å². The van der Waals surface area contributed by atoms with Crippen LogP contribution in [0.2, 0.25) is 0 Å². The number of aliphatic hydroxyl groups is 1. The number of carbonyl (C=O) groups excluding carboxylic acids is 1. The van der Waals surface area contributed by atoms with Crippen LogP contribution in [0.3, 0.4) is 0 Å². The maximum atomic E-state index is 11.8. The fourth-order valence-corrected chi connectivity index (χ4v) is 2.03. The molecule has 0 bridgehead atoms. The van der Waals surface area contributed by atoms with E-state index in [1.807, 2.05) is 32.6 Å². The molecular formula is C12H25NO3. The summed E-state index contributed by atoms with van der Waals surface area (Å²) in [6.45, 7) is 11.8. The molecule has 0 aromatic heterocycles. The van der Waals surface area contributed by atoms with Gasteiger partial charge in [0.15, 0.2) is 0 Å². The Morgan fingerprint density at radius 1 is 1.19 bits per heavy atom. The van der Waals surface area contributed by atoms with Crippen molar-refractivity contribution in [3.8, 4) is 0 Å². The molecule has 0 fully saturated rings. The number of aliphatic hydroxyl groups excluding tert-OH is 1. The molecule has 0 saturated carbocycles. The Labute approximate surface area is 98.6 Å². The Morgan fingerprint density at radius 2 is 1.62 bits per heavy atom. The van der Waals surface area contributed by atoms with Crippen LogP contribution < -0.4 is 0 Å². The highest BCUT2D eigenvalue weighted by Crippen LogP contribution is 2.15. The number of hydrogen-bond donors (Lipinski definition) is 1. The van der Waals surface area contributed by atoms with Crippen molar-refractivity contribution >= 4 is 5.97 Å². The van der Waals surface area contributed by atoms with Crippen LogP contribution in [0.5, 0.6) is 0 Å². The van der Waals surface area contributed by atoms with E-state index in [-0.39, 0.29) is 18.1 Å². The third kappa shape index (κ3) is 4.10. The summed E-state index contributed by atoms with van der Waals surface area (Å²) in [5.41, 5.74) is 0. The van der Waals surface area contributed by atoms with Crippen LogP contribution in [0.25, 0.3) is 0 Å². The molecule has 16 heavy (non-hydrogen) atoms. The molecule has 0 heterocycles. The number of carbonyl (C=O) groups is 1. The van der Waals surface area contributed by atoms with E-state index >= 15 is 0 Å². The molecular weight excluding hydrogens is 206 g/mol. The van der Waals surface area contributed by atoms with Gasteiger partial charge in [0.05, 0.1) is 12.7 Å². The minimum atomic E-state index is -0.733. The molecule has 0 aromatic carbocycles. The lowest BCUT2D eigenvalue weighted by Crippen LogP contribution is -2.54. The van der Waals surface area contributed by atoms with E-state index in [0.29, 0.717) is 6.61 Å². The molecule has 4 nitrogen and oxygen atoms in total. The maximum Gasteiger partial charge on any atom is 0.326 e. The summed E-state index contributed by atoms with van der Waals surface area (Å²) in [5, 5.41) is 9.73. The largest absolute Gasteiger partial charge is 0.465 e. The van der Waals surface area contributed by atoms with Crippen LogP contribution in [0.1, 0.15) is 41.5 Å². The van der Waals surface area contributed by atoms with Gasteiger partial charge in [-0.05, 0) is 41.5 Å². The Hall–Kier alpha value is -0.610. The van der Waals surface area contributed by atoms with Crippen LogP contribution >= 0.6 is 0 Å². The van der Waals surface area contributed by atoms with E-state index in [1.54, 1.807) is 13.8 Å². The van der Waals surface area contributed by atoms with E-state index in [4.69, 9.17) is 4.74 Å². The molecule has 4 heteroatoms. The van der Waals surface area contributed by atoms with Crippen LogP contribution in [0.4, 0.5) is 0 Å². The summed E-state index contributed by atoms with van der Waals surface area (Å²) in [4.78, 5) is 13.8. The van der Waals surface area contributed by atoms with Crippen molar-refractivity contribution in [1.29, 1.82) is 0 Å². The summed E-state index contributed by atoms with van der Waals surface area (Å²) in [5.74, 6) is -0.347. The van der Waals surface area contributed by atoms with Gasteiger partial charge in [-0.25, -0.2) is 0 Å². The molecule has 0 aliphatic carbocycles.